The third-order valence-corrected chi connectivity index (χ3v) is 5.49. The quantitative estimate of drug-likeness (QED) is 0.501. The topological polar surface area (TPSA) is 125 Å². The summed E-state index contributed by atoms with van der Waals surface area (Å²) in [6.07, 6.45) is 1.63. The van der Waals surface area contributed by atoms with Crippen LogP contribution in [-0.2, 0) is 19.6 Å². The Morgan fingerprint density at radius 2 is 1.96 bits per heavy atom. The highest BCUT2D eigenvalue weighted by molar-refractivity contribution is 7.89. The first kappa shape index (κ1) is 22.0. The van der Waals surface area contributed by atoms with Crippen molar-refractivity contribution in [1.29, 1.82) is 0 Å². The Kier molecular flexibility index (Phi) is 7.69. The largest absolute Gasteiger partial charge is 0.352 e. The lowest BCUT2D eigenvalue weighted by atomic mass is 10.2. The molecule has 154 valence electrons. The number of piperazine rings is 1. The minimum Gasteiger partial charge on any atom is -0.352 e. The van der Waals surface area contributed by atoms with Gasteiger partial charge in [-0.2, -0.15) is 0 Å². The zero-order valence-corrected chi connectivity index (χ0v) is 16.7. The highest BCUT2D eigenvalue weighted by Gasteiger charge is 2.26. The molecule has 0 aliphatic carbocycles. The number of benzene rings is 1. The van der Waals surface area contributed by atoms with Crippen LogP contribution in [0.15, 0.2) is 41.8 Å². The Bertz CT molecular complexity index is 819. The number of nitrogens with two attached hydrogens (primary N) is 1. The van der Waals surface area contributed by atoms with Crippen molar-refractivity contribution in [3.05, 3.63) is 36.9 Å². The Hall–Kier alpha value is -2.27. The van der Waals surface area contributed by atoms with E-state index in [2.05, 4.69) is 17.2 Å². The van der Waals surface area contributed by atoms with Gasteiger partial charge in [0.25, 0.3) is 0 Å². The minimum atomic E-state index is -3.83. The Balaban J connectivity index is 1.86. The number of rotatable bonds is 8. The molecule has 1 unspecified atom stereocenters. The number of primary sulfonamides is 1. The zero-order valence-electron chi connectivity index (χ0n) is 15.9. The van der Waals surface area contributed by atoms with Gasteiger partial charge in [-0.15, -0.1) is 6.58 Å². The van der Waals surface area contributed by atoms with Crippen LogP contribution < -0.4 is 15.8 Å². The Morgan fingerprint density at radius 3 is 2.57 bits per heavy atom. The first-order valence-electron chi connectivity index (χ1n) is 8.98. The predicted molar refractivity (Wildman–Crippen MR) is 107 cm³/mol. The van der Waals surface area contributed by atoms with Gasteiger partial charge in [-0.05, 0) is 25.1 Å². The maximum Gasteiger partial charge on any atom is 0.241 e. The molecule has 0 spiro atoms. The van der Waals surface area contributed by atoms with Crippen molar-refractivity contribution in [1.82, 2.24) is 15.1 Å². The van der Waals surface area contributed by atoms with Crippen LogP contribution in [0.3, 0.4) is 0 Å². The van der Waals surface area contributed by atoms with Crippen molar-refractivity contribution >= 4 is 27.5 Å². The molecule has 0 saturated carbocycles. The van der Waals surface area contributed by atoms with Crippen LogP contribution in [0.25, 0.3) is 0 Å². The molecule has 0 aromatic heterocycles. The molecule has 2 rings (SSSR count). The van der Waals surface area contributed by atoms with Gasteiger partial charge in [0.2, 0.25) is 21.8 Å². The number of carbonyl (C=O) groups excluding carboxylic acids is 2. The fourth-order valence-electron chi connectivity index (χ4n) is 2.92. The first-order valence-corrected chi connectivity index (χ1v) is 10.5. The number of hydrogen-bond acceptors (Lipinski definition) is 6. The van der Waals surface area contributed by atoms with E-state index in [1.54, 1.807) is 19.1 Å². The third-order valence-electron chi connectivity index (χ3n) is 4.57. The van der Waals surface area contributed by atoms with Gasteiger partial charge in [-0.25, -0.2) is 13.6 Å². The van der Waals surface area contributed by atoms with E-state index in [1.165, 1.54) is 18.2 Å². The summed E-state index contributed by atoms with van der Waals surface area (Å²) >= 11 is 0. The molecule has 1 fully saturated rings. The maximum absolute atomic E-state index is 12.5. The molecule has 0 bridgehead atoms. The van der Waals surface area contributed by atoms with Crippen LogP contribution in [0.1, 0.15) is 6.92 Å². The van der Waals surface area contributed by atoms with E-state index in [9.17, 15) is 18.0 Å². The summed E-state index contributed by atoms with van der Waals surface area (Å²) in [6.45, 7) is 8.80. The van der Waals surface area contributed by atoms with Crippen LogP contribution in [0, 0.1) is 0 Å². The standard InChI is InChI=1S/C18H27N5O4S/c1-3-7-20-17(24)13-22-8-10-23(11-9-22)14(2)18(25)21-15-5-4-6-16(12-15)28(19,26)27/h3-6,12,14H,1,7-11,13H2,2H3,(H,20,24)(H,21,25)(H2,19,26,27). The van der Waals surface area contributed by atoms with E-state index in [4.69, 9.17) is 5.14 Å². The number of nitrogens with one attached hydrogen (secondary N) is 2. The van der Waals surface area contributed by atoms with Crippen LogP contribution in [0.4, 0.5) is 5.69 Å². The number of nitrogens with zero attached hydrogens (tertiary/aromatic N) is 2. The van der Waals surface area contributed by atoms with Gasteiger partial charge in [-0.1, -0.05) is 12.1 Å². The molecule has 28 heavy (non-hydrogen) atoms. The fraction of sp³-hybridized carbons (Fsp3) is 0.444. The molecule has 0 radical (unpaired) electrons. The molecule has 1 saturated heterocycles. The summed E-state index contributed by atoms with van der Waals surface area (Å²) in [5.74, 6) is -0.280. The predicted octanol–water partition coefficient (Wildman–Crippen LogP) is -0.419. The molecule has 10 heteroatoms. The average Bonchev–Trinajstić information content (AvgIpc) is 2.66. The van der Waals surface area contributed by atoms with E-state index >= 15 is 0 Å². The fourth-order valence-corrected chi connectivity index (χ4v) is 3.48. The van der Waals surface area contributed by atoms with E-state index in [0.29, 0.717) is 45.0 Å². The monoisotopic (exact) mass is 409 g/mol. The third kappa shape index (κ3) is 6.41. The normalized spacial score (nSPS) is 16.9. The van der Waals surface area contributed by atoms with Crippen molar-refractivity contribution in [3.63, 3.8) is 0 Å². The van der Waals surface area contributed by atoms with E-state index < -0.39 is 16.1 Å². The molecule has 1 aromatic carbocycles. The van der Waals surface area contributed by atoms with Gasteiger partial charge in [0.05, 0.1) is 17.5 Å². The molecule has 4 N–H and O–H groups in total. The second kappa shape index (κ2) is 9.78. The number of anilines is 1. The Morgan fingerprint density at radius 1 is 1.29 bits per heavy atom. The lowest BCUT2D eigenvalue weighted by Crippen LogP contribution is -2.54. The van der Waals surface area contributed by atoms with E-state index in [0.717, 1.165) is 0 Å². The second-order valence-corrected chi connectivity index (χ2v) is 8.20. The van der Waals surface area contributed by atoms with Gasteiger partial charge in [0, 0.05) is 38.4 Å². The van der Waals surface area contributed by atoms with Gasteiger partial charge in [0.1, 0.15) is 0 Å². The molecule has 1 heterocycles. The number of amides is 2. The molecule has 1 aromatic rings. The molecule has 9 nitrogen and oxygen atoms in total. The van der Waals surface area contributed by atoms with Gasteiger partial charge in [-0.3, -0.25) is 19.4 Å². The summed E-state index contributed by atoms with van der Waals surface area (Å²) in [6, 6.07) is 5.45. The summed E-state index contributed by atoms with van der Waals surface area (Å²) < 4.78 is 22.9. The summed E-state index contributed by atoms with van der Waals surface area (Å²) in [5, 5.41) is 10.6. The van der Waals surface area contributed by atoms with Crippen LogP contribution in [-0.4, -0.2) is 75.3 Å². The number of hydrogen-bond donors (Lipinski definition) is 3. The summed E-state index contributed by atoms with van der Waals surface area (Å²) in [7, 11) is -3.83. The molecule has 2 amide bonds. The number of sulfonamides is 1. The van der Waals surface area contributed by atoms with Gasteiger partial charge >= 0.3 is 0 Å². The molecular formula is C18H27N5O4S. The lowest BCUT2D eigenvalue weighted by Gasteiger charge is -2.37. The zero-order chi connectivity index (χ0) is 20.7. The molecular weight excluding hydrogens is 382 g/mol. The Labute approximate surface area is 165 Å². The van der Waals surface area contributed by atoms with E-state index in [-0.39, 0.29) is 16.7 Å². The average molecular weight is 410 g/mol. The minimum absolute atomic E-state index is 0.0473. The SMILES string of the molecule is C=CCNC(=O)CN1CCN(C(C)C(=O)Nc2cccc(S(N)(=O)=O)c2)CC1. The van der Waals surface area contributed by atoms with Gasteiger partial charge < -0.3 is 10.6 Å². The smallest absolute Gasteiger partial charge is 0.241 e. The van der Waals surface area contributed by atoms with Crippen LogP contribution >= 0.6 is 0 Å². The summed E-state index contributed by atoms with van der Waals surface area (Å²) in [4.78, 5) is 28.3. The maximum atomic E-state index is 12.5. The van der Waals surface area contributed by atoms with Crippen molar-refractivity contribution in [2.24, 2.45) is 5.14 Å². The van der Waals surface area contributed by atoms with Crippen LogP contribution in [0.2, 0.25) is 0 Å². The summed E-state index contributed by atoms with van der Waals surface area (Å²) in [5.41, 5.74) is 0.376. The van der Waals surface area contributed by atoms with E-state index in [1.807, 2.05) is 9.80 Å². The second-order valence-electron chi connectivity index (χ2n) is 6.64. The highest BCUT2D eigenvalue weighted by atomic mass is 32.2. The molecule has 1 aliphatic heterocycles. The molecule has 1 aliphatic rings. The van der Waals surface area contributed by atoms with Crippen molar-refractivity contribution < 1.29 is 18.0 Å². The number of carbonyl (C=O) groups is 2. The first-order chi connectivity index (χ1) is 13.2. The lowest BCUT2D eigenvalue weighted by molar-refractivity contribution is -0.124. The molecule has 1 atom stereocenters. The van der Waals surface area contributed by atoms with Crippen molar-refractivity contribution in [3.8, 4) is 0 Å². The van der Waals surface area contributed by atoms with Crippen molar-refractivity contribution in [2.45, 2.75) is 17.9 Å². The highest BCUT2D eigenvalue weighted by Crippen LogP contribution is 2.15. The van der Waals surface area contributed by atoms with Gasteiger partial charge in [0.15, 0.2) is 0 Å². The van der Waals surface area contributed by atoms with Crippen LogP contribution in [0.5, 0.6) is 0 Å². The van der Waals surface area contributed by atoms with Crippen molar-refractivity contribution in [2.75, 3.05) is 44.6 Å².